The number of carbonyl (C=O) groups is 1. The largest absolute Gasteiger partial charge is 0.465 e. The Morgan fingerprint density at radius 3 is 2.25 bits per heavy atom. The highest BCUT2D eigenvalue weighted by Gasteiger charge is 2.62. The molecule has 2 aromatic carbocycles. The summed E-state index contributed by atoms with van der Waals surface area (Å²) in [6.45, 7) is 1.20. The monoisotopic (exact) mass is 443 g/mol. The number of carboxylic acid groups (broad SMARTS) is 1. The summed E-state index contributed by atoms with van der Waals surface area (Å²) in [7, 11) is 0. The molecule has 1 N–H and O–H groups in total. The predicted molar refractivity (Wildman–Crippen MR) is 124 cm³/mol. The molecular formula is C27H25NO3S. The highest BCUT2D eigenvalue weighted by Crippen LogP contribution is 2.62. The van der Waals surface area contributed by atoms with Gasteiger partial charge in [-0.05, 0) is 64.9 Å². The average Bonchev–Trinajstić information content (AvgIpc) is 3.69. The Kier molecular flexibility index (Phi) is 3.81. The summed E-state index contributed by atoms with van der Waals surface area (Å²) in [6, 6.07) is 19.1. The van der Waals surface area contributed by atoms with E-state index in [4.69, 9.17) is 4.74 Å². The lowest BCUT2D eigenvalue weighted by Crippen LogP contribution is -2.49. The molecule has 0 radical (unpaired) electrons. The molecule has 3 aliphatic carbocycles. The highest BCUT2D eigenvalue weighted by atomic mass is 32.1. The van der Waals surface area contributed by atoms with E-state index in [0.29, 0.717) is 6.54 Å². The van der Waals surface area contributed by atoms with Crippen LogP contribution in [-0.4, -0.2) is 34.8 Å². The summed E-state index contributed by atoms with van der Waals surface area (Å²) in [5.74, 6) is 0.0529. The maximum Gasteiger partial charge on any atom is 0.407 e. The van der Waals surface area contributed by atoms with E-state index in [1.165, 1.54) is 45.5 Å². The number of thiophene rings is 1. The van der Waals surface area contributed by atoms with Crippen LogP contribution >= 0.6 is 11.3 Å². The number of hydrogen-bond donors (Lipinski definition) is 1. The van der Waals surface area contributed by atoms with Gasteiger partial charge in [0.1, 0.15) is 6.10 Å². The number of hydrogen-bond acceptors (Lipinski definition) is 3. The van der Waals surface area contributed by atoms with Gasteiger partial charge in [0.2, 0.25) is 0 Å². The first kappa shape index (κ1) is 18.9. The van der Waals surface area contributed by atoms with Crippen molar-refractivity contribution < 1.29 is 14.6 Å². The van der Waals surface area contributed by atoms with E-state index in [9.17, 15) is 9.90 Å². The van der Waals surface area contributed by atoms with Gasteiger partial charge in [-0.1, -0.05) is 48.5 Å². The quantitative estimate of drug-likeness (QED) is 0.524. The lowest BCUT2D eigenvalue weighted by Gasteiger charge is -2.40. The zero-order valence-corrected chi connectivity index (χ0v) is 18.6. The van der Waals surface area contributed by atoms with Crippen LogP contribution in [0.1, 0.15) is 59.3 Å². The molecule has 1 aromatic heterocycles. The first-order chi connectivity index (χ1) is 15.6. The van der Waals surface area contributed by atoms with Crippen LogP contribution in [0.4, 0.5) is 4.79 Å². The Morgan fingerprint density at radius 2 is 1.66 bits per heavy atom. The van der Waals surface area contributed by atoms with Gasteiger partial charge in [-0.2, -0.15) is 0 Å². The minimum atomic E-state index is -0.835. The summed E-state index contributed by atoms with van der Waals surface area (Å²) in [4.78, 5) is 15.7. The molecule has 4 nitrogen and oxygen atoms in total. The molecule has 2 fully saturated rings. The normalized spacial score (nSPS) is 23.3. The molecule has 1 aliphatic heterocycles. The molecule has 1 spiro atoms. The first-order valence-electron chi connectivity index (χ1n) is 11.5. The van der Waals surface area contributed by atoms with E-state index in [1.807, 2.05) is 0 Å². The van der Waals surface area contributed by atoms with Gasteiger partial charge >= 0.3 is 6.09 Å². The fraction of sp³-hybridized carbons (Fsp3) is 0.370. The van der Waals surface area contributed by atoms with Crippen LogP contribution in [0.3, 0.4) is 0 Å². The highest BCUT2D eigenvalue weighted by molar-refractivity contribution is 7.10. The summed E-state index contributed by atoms with van der Waals surface area (Å²) in [5, 5.41) is 12.6. The van der Waals surface area contributed by atoms with E-state index >= 15 is 0 Å². The number of fused-ring (bicyclic) bond motifs is 5. The van der Waals surface area contributed by atoms with Crippen molar-refractivity contribution in [2.24, 2.45) is 0 Å². The zero-order chi connectivity index (χ0) is 21.5. The van der Waals surface area contributed by atoms with Gasteiger partial charge in [0.25, 0.3) is 0 Å². The molecular weight excluding hydrogens is 418 g/mol. The van der Waals surface area contributed by atoms with Gasteiger partial charge < -0.3 is 9.84 Å². The van der Waals surface area contributed by atoms with E-state index < -0.39 is 11.6 Å². The summed E-state index contributed by atoms with van der Waals surface area (Å²) in [5.41, 5.74) is 6.10. The molecule has 32 heavy (non-hydrogen) atoms. The molecule has 0 bridgehead atoms. The number of rotatable bonds is 4. The smallest absolute Gasteiger partial charge is 0.407 e. The van der Waals surface area contributed by atoms with Gasteiger partial charge in [-0.3, -0.25) is 4.90 Å². The molecule has 5 heteroatoms. The topological polar surface area (TPSA) is 49.8 Å². The fourth-order valence-electron chi connectivity index (χ4n) is 6.21. The van der Waals surface area contributed by atoms with E-state index in [-0.39, 0.29) is 17.4 Å². The van der Waals surface area contributed by atoms with Crippen LogP contribution in [0.5, 0.6) is 0 Å². The second-order valence-electron chi connectivity index (χ2n) is 9.89. The van der Waals surface area contributed by atoms with Gasteiger partial charge in [0.15, 0.2) is 0 Å². The van der Waals surface area contributed by atoms with Crippen molar-refractivity contribution in [3.63, 3.8) is 0 Å². The lowest BCUT2D eigenvalue weighted by atomic mass is 9.89. The third kappa shape index (κ3) is 2.49. The molecule has 162 valence electrons. The number of benzene rings is 2. The lowest BCUT2D eigenvalue weighted by molar-refractivity contribution is -0.0416. The molecule has 2 heterocycles. The summed E-state index contributed by atoms with van der Waals surface area (Å²) in [6.07, 6.45) is 3.13. The van der Waals surface area contributed by atoms with Gasteiger partial charge in [-0.25, -0.2) is 4.79 Å². The SMILES string of the molecule is O=C(O)N(CC1c2ccccc2-c2ccccc21)C1(C2OCC3(CC3)c3ccsc32)CC1. The third-order valence-electron chi connectivity index (χ3n) is 8.23. The first-order valence-corrected chi connectivity index (χ1v) is 12.4. The maximum atomic E-state index is 12.7. The van der Waals surface area contributed by atoms with Crippen LogP contribution in [0.15, 0.2) is 60.0 Å². The van der Waals surface area contributed by atoms with Crippen LogP contribution in [-0.2, 0) is 10.2 Å². The second-order valence-corrected chi connectivity index (χ2v) is 10.8. The van der Waals surface area contributed by atoms with Crippen molar-refractivity contribution in [3.8, 4) is 11.1 Å². The van der Waals surface area contributed by atoms with Crippen LogP contribution in [0, 0.1) is 0 Å². The summed E-state index contributed by atoms with van der Waals surface area (Å²) < 4.78 is 6.51. The van der Waals surface area contributed by atoms with Crippen LogP contribution in [0.2, 0.25) is 0 Å². The van der Waals surface area contributed by atoms with E-state index in [2.05, 4.69) is 60.0 Å². The van der Waals surface area contributed by atoms with Gasteiger partial charge in [-0.15, -0.1) is 11.3 Å². The summed E-state index contributed by atoms with van der Waals surface area (Å²) >= 11 is 1.75. The van der Waals surface area contributed by atoms with Crippen molar-refractivity contribution >= 4 is 17.4 Å². The van der Waals surface area contributed by atoms with Gasteiger partial charge in [0, 0.05) is 22.8 Å². The van der Waals surface area contributed by atoms with Crippen LogP contribution < -0.4 is 0 Å². The minimum Gasteiger partial charge on any atom is -0.465 e. The minimum absolute atomic E-state index is 0.0529. The Labute approximate surface area is 191 Å². The molecule has 3 aromatic rings. The van der Waals surface area contributed by atoms with E-state index in [0.717, 1.165) is 19.4 Å². The zero-order valence-electron chi connectivity index (χ0n) is 17.8. The van der Waals surface area contributed by atoms with Crippen LogP contribution in [0.25, 0.3) is 11.1 Å². The fourth-order valence-corrected chi connectivity index (χ4v) is 7.39. The molecule has 0 saturated heterocycles. The van der Waals surface area contributed by atoms with Crippen molar-refractivity contribution in [2.75, 3.05) is 13.2 Å². The standard InChI is InChI=1S/C27H25NO3S/c29-25(30)28(15-21-19-7-3-1-5-17(19)18-6-2-4-8-20(18)21)27(12-13-27)24-23-22(9-14-32-23)26(10-11-26)16-31-24/h1-9,14,21,24H,10-13,15-16H2,(H,29,30). The Hall–Kier alpha value is -2.63. The number of nitrogens with zero attached hydrogens (tertiary/aromatic N) is 1. The Morgan fingerprint density at radius 1 is 1.00 bits per heavy atom. The van der Waals surface area contributed by atoms with Crippen molar-refractivity contribution in [2.45, 2.75) is 48.7 Å². The number of ether oxygens (including phenoxy) is 1. The second kappa shape index (κ2) is 6.46. The average molecular weight is 444 g/mol. The Balaban J connectivity index is 1.27. The van der Waals surface area contributed by atoms with Crippen molar-refractivity contribution in [3.05, 3.63) is 81.5 Å². The van der Waals surface area contributed by atoms with Crippen molar-refractivity contribution in [1.29, 1.82) is 0 Å². The predicted octanol–water partition coefficient (Wildman–Crippen LogP) is 6.18. The number of amides is 1. The maximum absolute atomic E-state index is 12.7. The molecule has 1 atom stereocenters. The molecule has 1 unspecified atom stereocenters. The van der Waals surface area contributed by atoms with E-state index in [1.54, 1.807) is 16.2 Å². The Bertz CT molecular complexity index is 1190. The molecule has 7 rings (SSSR count). The molecule has 1 amide bonds. The molecule has 4 aliphatic rings. The molecule has 2 saturated carbocycles. The third-order valence-corrected chi connectivity index (χ3v) is 9.19. The van der Waals surface area contributed by atoms with Crippen molar-refractivity contribution in [1.82, 2.24) is 4.90 Å². The van der Waals surface area contributed by atoms with Gasteiger partial charge in [0.05, 0.1) is 12.1 Å².